The molecule has 51 heavy (non-hydrogen) atoms. The molecule has 0 spiro atoms. The minimum atomic E-state index is 0.833. The Hall–Kier alpha value is -5.68. The highest BCUT2D eigenvalue weighted by Crippen LogP contribution is 2.52. The second-order valence-corrected chi connectivity index (χ2v) is 15.0. The van der Waals surface area contributed by atoms with Gasteiger partial charge in [0.1, 0.15) is 0 Å². The lowest BCUT2D eigenvalue weighted by Gasteiger charge is -2.23. The zero-order valence-corrected chi connectivity index (χ0v) is 29.3. The molecule has 0 unspecified atom stereocenters. The number of fused-ring (bicyclic) bond motifs is 9. The molecule has 8 aromatic rings. The van der Waals surface area contributed by atoms with Crippen LogP contribution in [0.1, 0.15) is 5.56 Å². The van der Waals surface area contributed by atoms with Crippen LogP contribution in [-0.4, -0.2) is 11.1 Å². The first-order chi connectivity index (χ1) is 25.3. The topological polar surface area (TPSA) is 17.0 Å². The monoisotopic (exact) mass is 688 g/mol. The number of dihydropyridines is 1. The maximum Gasteiger partial charge on any atom is 0.0547 e. The van der Waals surface area contributed by atoms with E-state index in [9.17, 15) is 0 Å². The van der Waals surface area contributed by atoms with Crippen molar-refractivity contribution in [1.29, 1.82) is 0 Å². The maximum atomic E-state index is 3.59. The highest BCUT2D eigenvalue weighted by atomic mass is 32.2. The minimum absolute atomic E-state index is 0.833. The first-order valence-corrected chi connectivity index (χ1v) is 19.0. The van der Waals surface area contributed by atoms with E-state index in [0.29, 0.717) is 0 Å². The van der Waals surface area contributed by atoms with Gasteiger partial charge in [-0.15, -0.1) is 0 Å². The van der Waals surface area contributed by atoms with Gasteiger partial charge in [-0.2, -0.15) is 0 Å². The Kier molecular flexibility index (Phi) is 7.44. The molecule has 0 amide bonds. The summed E-state index contributed by atoms with van der Waals surface area (Å²) in [5.74, 6) is 0. The number of hydrogen-bond acceptors (Lipinski definition) is 3. The van der Waals surface area contributed by atoms with E-state index in [1.54, 1.807) is 0 Å². The lowest BCUT2D eigenvalue weighted by molar-refractivity contribution is 0.994. The Labute approximate surface area is 306 Å². The SMILES string of the molecule is C1=CCNC(c2ccc3c(c2)Sc2ccccc2-c2ccccc2Sc2cccc(-c4cccc5c4c4ccccc4n5-c4ccccc4)c2-3)=C1. The molecule has 0 bridgehead atoms. The Morgan fingerprint density at radius 2 is 1.14 bits per heavy atom. The summed E-state index contributed by atoms with van der Waals surface area (Å²) < 4.78 is 2.41. The van der Waals surface area contributed by atoms with E-state index >= 15 is 0 Å². The fourth-order valence-electron chi connectivity index (χ4n) is 7.65. The Bertz CT molecular complexity index is 2700. The fraction of sp³-hybridized carbons (Fsp3) is 0.0213. The van der Waals surface area contributed by atoms with Crippen LogP contribution in [0, 0.1) is 0 Å². The van der Waals surface area contributed by atoms with Gasteiger partial charge in [0.25, 0.3) is 0 Å². The molecule has 1 N–H and O–H groups in total. The third-order valence-electron chi connectivity index (χ3n) is 9.90. The van der Waals surface area contributed by atoms with E-state index < -0.39 is 0 Å². The van der Waals surface area contributed by atoms with Gasteiger partial charge < -0.3 is 9.88 Å². The molecule has 10 rings (SSSR count). The highest BCUT2D eigenvalue weighted by molar-refractivity contribution is 8.00. The number of nitrogens with zero attached hydrogens (tertiary/aromatic N) is 1. The van der Waals surface area contributed by atoms with Crippen molar-refractivity contribution in [3.05, 3.63) is 182 Å². The smallest absolute Gasteiger partial charge is 0.0547 e. The van der Waals surface area contributed by atoms with Crippen LogP contribution < -0.4 is 5.32 Å². The number of hydrogen-bond donors (Lipinski definition) is 1. The standard InChI is InChI=1S/C47H32N2S2/c1-2-14-32(15-3-1)49-40-22-7-4-18-37(40)46-35(19-12-23-41(46)49)36-20-13-26-44-47(36)38-28-27-31(39-21-10-11-29-48-39)30-45(38)51-43-25-9-6-17-34(43)33-16-5-8-24-42(33)50-44/h1-28,30,48H,29H2. The molecule has 2 nitrogen and oxygen atoms in total. The third-order valence-corrected chi connectivity index (χ3v) is 12.2. The summed E-state index contributed by atoms with van der Waals surface area (Å²) in [6.07, 6.45) is 6.48. The van der Waals surface area contributed by atoms with Gasteiger partial charge in [-0.1, -0.05) is 145 Å². The van der Waals surface area contributed by atoms with Gasteiger partial charge in [-0.3, -0.25) is 0 Å². The predicted octanol–water partition coefficient (Wildman–Crippen LogP) is 12.9. The first kappa shape index (κ1) is 30.2. The van der Waals surface area contributed by atoms with E-state index in [-0.39, 0.29) is 0 Å². The number of nitrogens with one attached hydrogen (secondary N) is 1. The zero-order valence-electron chi connectivity index (χ0n) is 27.7. The normalized spacial score (nSPS) is 13.5. The summed E-state index contributed by atoms with van der Waals surface area (Å²) in [7, 11) is 0. The Morgan fingerprint density at radius 3 is 1.94 bits per heavy atom. The van der Waals surface area contributed by atoms with Crippen molar-refractivity contribution in [3.8, 4) is 39.1 Å². The Morgan fingerprint density at radius 1 is 0.490 bits per heavy atom. The molecule has 242 valence electrons. The van der Waals surface area contributed by atoms with Crippen LogP contribution in [0.5, 0.6) is 0 Å². The van der Waals surface area contributed by atoms with Crippen molar-refractivity contribution in [2.75, 3.05) is 6.54 Å². The molecule has 0 saturated heterocycles. The average Bonchev–Trinajstić information content (AvgIpc) is 3.54. The van der Waals surface area contributed by atoms with E-state index in [2.05, 4.69) is 186 Å². The van der Waals surface area contributed by atoms with Gasteiger partial charge in [0, 0.05) is 53.8 Å². The summed E-state index contributed by atoms with van der Waals surface area (Å²) in [5, 5.41) is 6.12. The number of benzene rings is 7. The number of aromatic nitrogens is 1. The van der Waals surface area contributed by atoms with Gasteiger partial charge in [-0.05, 0) is 88.0 Å². The zero-order chi connectivity index (χ0) is 33.7. The molecule has 1 aromatic heterocycles. The van der Waals surface area contributed by atoms with E-state index in [0.717, 1.165) is 17.9 Å². The van der Waals surface area contributed by atoms with Gasteiger partial charge in [-0.25, -0.2) is 0 Å². The van der Waals surface area contributed by atoms with Crippen molar-refractivity contribution in [1.82, 2.24) is 9.88 Å². The van der Waals surface area contributed by atoms with Crippen LogP contribution in [0.2, 0.25) is 0 Å². The van der Waals surface area contributed by atoms with Crippen molar-refractivity contribution in [3.63, 3.8) is 0 Å². The van der Waals surface area contributed by atoms with Crippen LogP contribution in [0.3, 0.4) is 0 Å². The molecule has 7 aromatic carbocycles. The van der Waals surface area contributed by atoms with Crippen molar-refractivity contribution in [2.24, 2.45) is 0 Å². The molecule has 0 radical (unpaired) electrons. The van der Waals surface area contributed by atoms with Crippen LogP contribution in [0.15, 0.2) is 196 Å². The van der Waals surface area contributed by atoms with Gasteiger partial charge in [0.2, 0.25) is 0 Å². The van der Waals surface area contributed by atoms with Gasteiger partial charge in [0.15, 0.2) is 0 Å². The van der Waals surface area contributed by atoms with Crippen molar-refractivity contribution < 1.29 is 0 Å². The summed E-state index contributed by atoms with van der Waals surface area (Å²) in [6, 6.07) is 58.0. The quantitative estimate of drug-likeness (QED) is 0.199. The van der Waals surface area contributed by atoms with Gasteiger partial charge in [0.05, 0.1) is 11.0 Å². The molecule has 0 saturated carbocycles. The number of rotatable bonds is 3. The molecule has 2 aliphatic rings. The van der Waals surface area contributed by atoms with E-state index in [4.69, 9.17) is 0 Å². The lowest BCUT2D eigenvalue weighted by Crippen LogP contribution is -2.14. The average molecular weight is 689 g/mol. The molecular weight excluding hydrogens is 657 g/mol. The van der Waals surface area contributed by atoms with Crippen molar-refractivity contribution >= 4 is 51.0 Å². The maximum absolute atomic E-state index is 3.59. The summed E-state index contributed by atoms with van der Waals surface area (Å²) >= 11 is 3.74. The Balaban J connectivity index is 1.29. The lowest BCUT2D eigenvalue weighted by atomic mass is 9.91. The molecule has 3 heterocycles. The molecule has 0 aliphatic carbocycles. The summed E-state index contributed by atoms with van der Waals surface area (Å²) in [5.41, 5.74) is 13.4. The third kappa shape index (κ3) is 5.14. The van der Waals surface area contributed by atoms with E-state index in [1.165, 1.54) is 80.3 Å². The fourth-order valence-corrected chi connectivity index (χ4v) is 9.93. The van der Waals surface area contributed by atoms with E-state index in [1.807, 2.05) is 23.5 Å². The van der Waals surface area contributed by atoms with Crippen molar-refractivity contribution in [2.45, 2.75) is 19.6 Å². The van der Waals surface area contributed by atoms with Crippen LogP contribution in [0.25, 0.3) is 66.6 Å². The summed E-state index contributed by atoms with van der Waals surface area (Å²) in [6.45, 7) is 0.833. The largest absolute Gasteiger partial charge is 0.381 e. The second kappa shape index (κ2) is 12.6. The molecule has 4 heteroatoms. The highest BCUT2D eigenvalue weighted by Gasteiger charge is 2.24. The molecule has 0 atom stereocenters. The summed E-state index contributed by atoms with van der Waals surface area (Å²) in [4.78, 5) is 5.00. The van der Waals surface area contributed by atoms with Crippen LogP contribution in [-0.2, 0) is 0 Å². The first-order valence-electron chi connectivity index (χ1n) is 17.3. The minimum Gasteiger partial charge on any atom is -0.381 e. The van der Waals surface area contributed by atoms with Gasteiger partial charge >= 0.3 is 0 Å². The molecular formula is C47H32N2S2. The molecule has 2 aliphatic heterocycles. The van der Waals surface area contributed by atoms with Crippen LogP contribution in [0.4, 0.5) is 0 Å². The van der Waals surface area contributed by atoms with Crippen LogP contribution >= 0.6 is 23.5 Å². The molecule has 0 fully saturated rings. The predicted molar refractivity (Wildman–Crippen MR) is 217 cm³/mol. The number of para-hydroxylation sites is 2. The second-order valence-electron chi connectivity index (χ2n) is 12.9. The number of allylic oxidation sites excluding steroid dienone is 2.